The lowest BCUT2D eigenvalue weighted by molar-refractivity contribution is -0.0000266. The lowest BCUT2D eigenvalue weighted by Crippen LogP contribution is -3.00. The van der Waals surface area contributed by atoms with Gasteiger partial charge in [0, 0.05) is 7.26 Å². The first-order chi connectivity index (χ1) is 21.0. The summed E-state index contributed by atoms with van der Waals surface area (Å²) in [6.45, 7) is 9.38. The molecular formula is C39H74BrO3P. The summed E-state index contributed by atoms with van der Waals surface area (Å²) in [5.74, 6) is -1.31. The van der Waals surface area contributed by atoms with Crippen LogP contribution in [-0.2, 0) is 0 Å². The van der Waals surface area contributed by atoms with Crippen LogP contribution in [0, 0.1) is 0 Å². The number of aromatic carboxylic acids is 1. The third kappa shape index (κ3) is 26.6. The molecule has 0 aliphatic carbocycles. The summed E-state index contributed by atoms with van der Waals surface area (Å²) in [5.41, 5.74) is -0.0671. The third-order valence-electron chi connectivity index (χ3n) is 9.08. The van der Waals surface area contributed by atoms with E-state index in [2.05, 4.69) is 27.7 Å². The quantitative estimate of drug-likeness (QED) is 0.0646. The van der Waals surface area contributed by atoms with E-state index in [0.717, 1.165) is 0 Å². The number of para-hydroxylation sites is 1. The van der Waals surface area contributed by atoms with Crippen LogP contribution in [0.2, 0.25) is 0 Å². The number of unbranched alkanes of at least 4 members (excludes halogenated alkanes) is 20. The maximum Gasteiger partial charge on any atom is 0.339 e. The summed E-state index contributed by atoms with van der Waals surface area (Å²) in [6.07, 6.45) is 42.1. The van der Waals surface area contributed by atoms with Crippen molar-refractivity contribution in [2.24, 2.45) is 0 Å². The first-order valence-electron chi connectivity index (χ1n) is 18.8. The molecule has 0 atom stereocenters. The van der Waals surface area contributed by atoms with Gasteiger partial charge in [-0.3, -0.25) is 0 Å². The highest BCUT2D eigenvalue weighted by molar-refractivity contribution is 7.75. The molecule has 0 aliphatic heterocycles. The minimum Gasteiger partial charge on any atom is -1.00 e. The minimum absolute atomic E-state index is 0. The lowest BCUT2D eigenvalue weighted by Gasteiger charge is -2.28. The van der Waals surface area contributed by atoms with Crippen molar-refractivity contribution in [1.29, 1.82) is 0 Å². The Kier molecular flexibility index (Phi) is 34.9. The van der Waals surface area contributed by atoms with Crippen molar-refractivity contribution in [3.8, 4) is 5.75 Å². The van der Waals surface area contributed by atoms with E-state index in [4.69, 9.17) is 10.2 Å². The van der Waals surface area contributed by atoms with Gasteiger partial charge in [0.05, 0.1) is 24.6 Å². The number of carbonyl (C=O) groups is 1. The zero-order valence-electron chi connectivity index (χ0n) is 29.7. The molecule has 0 heterocycles. The summed E-state index contributed by atoms with van der Waals surface area (Å²) in [6, 6.07) is 5.81. The number of hydrogen-bond donors (Lipinski definition) is 2. The van der Waals surface area contributed by atoms with Crippen LogP contribution in [0.4, 0.5) is 0 Å². The Morgan fingerprint density at radius 2 is 0.773 bits per heavy atom. The molecule has 0 fully saturated rings. The van der Waals surface area contributed by atoms with E-state index in [1.54, 1.807) is 62.5 Å². The lowest BCUT2D eigenvalue weighted by atomic mass is 10.1. The van der Waals surface area contributed by atoms with Crippen molar-refractivity contribution in [3.63, 3.8) is 0 Å². The summed E-state index contributed by atoms with van der Waals surface area (Å²) in [4.78, 5) is 10.3. The molecule has 5 heteroatoms. The van der Waals surface area contributed by atoms with E-state index >= 15 is 0 Å². The number of benzene rings is 1. The van der Waals surface area contributed by atoms with Crippen LogP contribution in [-0.4, -0.2) is 40.8 Å². The van der Waals surface area contributed by atoms with Crippen LogP contribution < -0.4 is 17.0 Å². The standard InChI is InChI=1S/C32H68P.C7H6O3.BrH/c1-5-9-13-17-21-25-29-33(30-26-22-18-14-10-6-2,31-27-23-19-15-11-7-3)32-28-24-20-16-12-8-4;8-6-4-2-1-3-5(6)7(9)10;/h5-32H2,1-4H3;1-4,8H,(H,9,10);1H/q+1;;/p-1. The van der Waals surface area contributed by atoms with Crippen molar-refractivity contribution in [2.75, 3.05) is 24.6 Å². The second-order valence-electron chi connectivity index (χ2n) is 13.1. The normalized spacial score (nSPS) is 11.1. The Labute approximate surface area is 286 Å². The van der Waals surface area contributed by atoms with E-state index in [-0.39, 0.29) is 28.3 Å². The maximum atomic E-state index is 10.3. The molecule has 0 radical (unpaired) electrons. The molecule has 0 unspecified atom stereocenters. The molecule has 0 amide bonds. The van der Waals surface area contributed by atoms with E-state index in [1.807, 2.05) is 0 Å². The minimum atomic E-state index is -1.11. The second-order valence-corrected chi connectivity index (χ2v) is 17.6. The number of phenols is 1. The average Bonchev–Trinajstić information content (AvgIpc) is 3.00. The van der Waals surface area contributed by atoms with Gasteiger partial charge < -0.3 is 27.2 Å². The summed E-state index contributed by atoms with van der Waals surface area (Å²) in [7, 11) is -0.718. The summed E-state index contributed by atoms with van der Waals surface area (Å²) in [5, 5.41) is 17.3. The van der Waals surface area contributed by atoms with Crippen molar-refractivity contribution in [3.05, 3.63) is 29.8 Å². The van der Waals surface area contributed by atoms with Gasteiger partial charge in [0.25, 0.3) is 0 Å². The van der Waals surface area contributed by atoms with Crippen molar-refractivity contribution < 1.29 is 32.0 Å². The molecule has 0 spiro atoms. The largest absolute Gasteiger partial charge is 1.00 e. The molecule has 0 saturated heterocycles. The average molecular weight is 702 g/mol. The summed E-state index contributed by atoms with van der Waals surface area (Å²) < 4.78 is 0. The first-order valence-corrected chi connectivity index (χ1v) is 21.4. The van der Waals surface area contributed by atoms with Crippen LogP contribution >= 0.6 is 7.26 Å². The summed E-state index contributed by atoms with van der Waals surface area (Å²) >= 11 is 0. The molecule has 0 aliphatic rings. The van der Waals surface area contributed by atoms with Gasteiger partial charge in [-0.15, -0.1) is 0 Å². The molecule has 1 rings (SSSR count). The van der Waals surface area contributed by atoms with Gasteiger partial charge in [-0.1, -0.05) is 143 Å². The number of carboxylic acid groups (broad SMARTS) is 1. The Morgan fingerprint density at radius 1 is 0.500 bits per heavy atom. The monoisotopic (exact) mass is 700 g/mol. The number of halogens is 1. The number of aromatic hydroxyl groups is 1. The predicted octanol–water partition coefficient (Wildman–Crippen LogP) is 10.5. The molecule has 1 aromatic carbocycles. The molecule has 0 bridgehead atoms. The topological polar surface area (TPSA) is 57.5 Å². The van der Waals surface area contributed by atoms with Crippen molar-refractivity contribution in [2.45, 2.75) is 182 Å². The van der Waals surface area contributed by atoms with Crippen LogP contribution in [0.5, 0.6) is 5.75 Å². The van der Waals surface area contributed by atoms with Crippen LogP contribution in [0.3, 0.4) is 0 Å². The third-order valence-corrected chi connectivity index (χ3v) is 14.1. The van der Waals surface area contributed by atoms with Crippen LogP contribution in [0.1, 0.15) is 192 Å². The number of carboxylic acids is 1. The first kappa shape index (κ1) is 45.5. The predicted molar refractivity (Wildman–Crippen MR) is 195 cm³/mol. The van der Waals surface area contributed by atoms with Crippen LogP contribution in [0.15, 0.2) is 24.3 Å². The van der Waals surface area contributed by atoms with Gasteiger partial charge in [0.2, 0.25) is 0 Å². The molecule has 3 nitrogen and oxygen atoms in total. The molecule has 0 saturated carbocycles. The van der Waals surface area contributed by atoms with Gasteiger partial charge in [-0.05, 0) is 63.5 Å². The SMILES string of the molecule is CCCCCCCC[P+](CCCCCCCC)(CCCCCCCC)CCCCCCCC.O=C(O)c1ccccc1O.[Br-]. The Balaban J connectivity index is 0. The molecule has 0 aromatic heterocycles. The Hall–Kier alpha value is -0.600. The fourth-order valence-electron chi connectivity index (χ4n) is 6.24. The van der Waals surface area contributed by atoms with E-state index in [1.165, 1.54) is 141 Å². The number of rotatable bonds is 29. The van der Waals surface area contributed by atoms with E-state index < -0.39 is 13.2 Å². The maximum absolute atomic E-state index is 10.3. The molecule has 1 aromatic rings. The highest BCUT2D eigenvalue weighted by Gasteiger charge is 2.34. The molecule has 2 N–H and O–H groups in total. The van der Waals surface area contributed by atoms with Crippen LogP contribution in [0.25, 0.3) is 0 Å². The van der Waals surface area contributed by atoms with Gasteiger partial charge in [0.15, 0.2) is 0 Å². The van der Waals surface area contributed by atoms with Crippen molar-refractivity contribution >= 4 is 13.2 Å². The van der Waals surface area contributed by atoms with Gasteiger partial charge >= 0.3 is 5.97 Å². The van der Waals surface area contributed by atoms with E-state index in [0.29, 0.717) is 0 Å². The van der Waals surface area contributed by atoms with Gasteiger partial charge in [-0.2, -0.15) is 0 Å². The Morgan fingerprint density at radius 3 is 1.02 bits per heavy atom. The molecule has 44 heavy (non-hydrogen) atoms. The number of hydrogen-bond acceptors (Lipinski definition) is 2. The fraction of sp³-hybridized carbons (Fsp3) is 0.821. The zero-order valence-corrected chi connectivity index (χ0v) is 32.2. The molecule has 260 valence electrons. The smallest absolute Gasteiger partial charge is 0.339 e. The molecular weight excluding hydrogens is 627 g/mol. The highest BCUT2D eigenvalue weighted by atomic mass is 79.9. The zero-order chi connectivity index (χ0) is 31.9. The Bertz CT molecular complexity index is 672. The van der Waals surface area contributed by atoms with Crippen molar-refractivity contribution in [1.82, 2.24) is 0 Å². The van der Waals surface area contributed by atoms with Gasteiger partial charge in [0.1, 0.15) is 11.3 Å². The van der Waals surface area contributed by atoms with E-state index in [9.17, 15) is 4.79 Å². The fourth-order valence-corrected chi connectivity index (χ4v) is 11.2. The van der Waals surface area contributed by atoms with Gasteiger partial charge in [-0.25, -0.2) is 4.79 Å². The highest BCUT2D eigenvalue weighted by Crippen LogP contribution is 2.61. The second kappa shape index (κ2) is 33.8.